The number of ether oxygens (including phenoxy) is 12. The first-order chi connectivity index (χ1) is 37.7. The van der Waals surface area contributed by atoms with Crippen molar-refractivity contribution in [2.45, 2.75) is 217 Å². The Hall–Kier alpha value is -2.75. The zero-order valence-electron chi connectivity index (χ0n) is 43.4. The maximum absolute atomic E-state index is 12.9. The molecule has 35 nitrogen and oxygen atoms in total. The van der Waals surface area contributed by atoms with Crippen molar-refractivity contribution < 1.29 is 163 Å². The van der Waals surface area contributed by atoms with Crippen LogP contribution >= 0.6 is 0 Å². The number of carboxylic acids is 1. The predicted octanol–water partition coefficient (Wildman–Crippen LogP) is -14.2. The van der Waals surface area contributed by atoms with E-state index in [9.17, 15) is 106 Å². The first kappa shape index (κ1) is 66.4. The van der Waals surface area contributed by atoms with Crippen LogP contribution < -0.4 is 15.7 Å². The van der Waals surface area contributed by atoms with Gasteiger partial charge in [0.1, 0.15) is 146 Å². The summed E-state index contributed by atoms with van der Waals surface area (Å²) in [6, 6.07) is -3.49. The summed E-state index contributed by atoms with van der Waals surface area (Å²) in [5, 5.41) is 202. The Morgan fingerprint density at radius 2 is 1.01 bits per heavy atom. The Morgan fingerprint density at radius 3 is 1.54 bits per heavy atom. The van der Waals surface area contributed by atoms with E-state index >= 15 is 0 Å². The van der Waals surface area contributed by atoms with Crippen LogP contribution in [0.2, 0.25) is 0 Å². The van der Waals surface area contributed by atoms with E-state index in [2.05, 4.69) is 10.6 Å². The molecule has 35 heteroatoms. The van der Waals surface area contributed by atoms with E-state index in [-0.39, 0.29) is 0 Å². The van der Waals surface area contributed by atoms with Crippen LogP contribution in [0.15, 0.2) is 0 Å². The highest BCUT2D eigenvalue weighted by Gasteiger charge is 2.59. The number of methoxy groups -OCH3 is 1. The van der Waals surface area contributed by atoms with Crippen LogP contribution in [0.4, 0.5) is 0 Å². The quantitative estimate of drug-likeness (QED) is 0.0479. The minimum atomic E-state index is -3.30. The molecule has 2 amide bonds. The molecule has 0 aromatic heterocycles. The van der Waals surface area contributed by atoms with Crippen LogP contribution in [0.1, 0.15) is 27.2 Å². The van der Waals surface area contributed by atoms with E-state index < -0.39 is 253 Å². The van der Waals surface area contributed by atoms with Crippen molar-refractivity contribution in [3.05, 3.63) is 0 Å². The molecule has 6 saturated heterocycles. The molecule has 464 valence electrons. The molecule has 0 radical (unpaired) electrons. The molecule has 6 fully saturated rings. The molecule has 0 spiro atoms. The van der Waals surface area contributed by atoms with Gasteiger partial charge in [0, 0.05) is 27.4 Å². The Labute approximate surface area is 454 Å². The molecule has 6 rings (SSSR count). The van der Waals surface area contributed by atoms with E-state index in [4.69, 9.17) is 56.8 Å². The van der Waals surface area contributed by atoms with Gasteiger partial charge in [-0.05, 0) is 6.92 Å². The van der Waals surface area contributed by atoms with Gasteiger partial charge in [0.15, 0.2) is 25.2 Å². The van der Waals surface area contributed by atoms with Crippen molar-refractivity contribution in [3.63, 3.8) is 0 Å². The van der Waals surface area contributed by atoms with Crippen molar-refractivity contribution in [1.82, 2.24) is 10.6 Å². The summed E-state index contributed by atoms with van der Waals surface area (Å²) in [5.41, 5.74) is 0. The molecule has 6 aliphatic rings. The standard InChI is InChI=1S/C45H76N2O33/c1-12-24(57)28(61)36(19(9-51)71-12)77-42-32(65)30(63)37(78-41-31(64)29(62)34(69-4)18(8-50)74-41)21(75-42)11-70-40-23(47-14(3)54)27(60)35(20(10-52)73-40)76-43-33(66)39(26(59)17(7-49)72-43)80-45(44(67)68)5-15(55)22(46-13(2)53)38(79-45)25(58)16(56)6-48/h12,15-43,48-52,55-66H,5-11H2,1-4H3,(H,46,53)(H,47,54)(H,67,68)/p-1/t12-,15+,16?,17?,18?,19?,20?,21?,22+,23?,24+,25?,26-,27+,28?,29?,30+,31-,32?,33?,34+,35+,36+,37-,38?,39-,40+,41+,42-,43-,45-/m0/s1. The molecule has 0 saturated carbocycles. The molecule has 0 aromatic carbocycles. The summed E-state index contributed by atoms with van der Waals surface area (Å²) < 4.78 is 68.8. The lowest BCUT2D eigenvalue weighted by atomic mass is 9.88. The molecular weight excluding hydrogens is 1100 g/mol. The normalized spacial score (nSPS) is 47.2. The Kier molecular flexibility index (Phi) is 23.6. The largest absolute Gasteiger partial charge is 0.544 e. The monoisotopic (exact) mass is 1170 g/mol. The lowest BCUT2D eigenvalue weighted by Crippen LogP contribution is -2.72. The van der Waals surface area contributed by atoms with Gasteiger partial charge < -0.3 is 164 Å². The van der Waals surface area contributed by atoms with Gasteiger partial charge in [-0.2, -0.15) is 0 Å². The second-order valence-corrected chi connectivity index (χ2v) is 20.2. The van der Waals surface area contributed by atoms with Crippen LogP contribution in [-0.4, -0.2) is 341 Å². The number of hydrogen-bond acceptors (Lipinski definition) is 33. The number of aliphatic carboxylic acids is 1. The fourth-order valence-corrected chi connectivity index (χ4v) is 10.4. The predicted molar refractivity (Wildman–Crippen MR) is 245 cm³/mol. The van der Waals surface area contributed by atoms with E-state index in [1.165, 1.54) is 6.92 Å². The van der Waals surface area contributed by atoms with Crippen LogP contribution in [0.25, 0.3) is 0 Å². The van der Waals surface area contributed by atoms with Crippen molar-refractivity contribution in [3.8, 4) is 0 Å². The van der Waals surface area contributed by atoms with Crippen LogP contribution in [-0.2, 0) is 71.2 Å². The summed E-state index contributed by atoms with van der Waals surface area (Å²) in [5.74, 6) is -7.33. The highest BCUT2D eigenvalue weighted by Crippen LogP contribution is 2.39. The Balaban J connectivity index is 1.26. The summed E-state index contributed by atoms with van der Waals surface area (Å²) in [7, 11) is 1.15. The van der Waals surface area contributed by atoms with Crippen LogP contribution in [0, 0.1) is 0 Å². The zero-order chi connectivity index (χ0) is 59.4. The van der Waals surface area contributed by atoms with Gasteiger partial charge >= 0.3 is 0 Å². The average Bonchev–Trinajstić information content (AvgIpc) is 3.51. The Bertz CT molecular complexity index is 1980. The molecule has 0 aromatic rings. The maximum atomic E-state index is 12.9. The maximum Gasteiger partial charge on any atom is 0.217 e. The van der Waals surface area contributed by atoms with Gasteiger partial charge in [-0.25, -0.2) is 0 Å². The number of aliphatic hydroxyl groups excluding tert-OH is 17. The minimum Gasteiger partial charge on any atom is -0.544 e. The number of aliphatic hydroxyl groups is 17. The molecule has 0 bridgehead atoms. The van der Waals surface area contributed by atoms with Gasteiger partial charge in [-0.15, -0.1) is 0 Å². The lowest BCUT2D eigenvalue weighted by molar-refractivity contribution is -0.411. The van der Waals surface area contributed by atoms with Crippen molar-refractivity contribution >= 4 is 17.8 Å². The number of hydrogen-bond donors (Lipinski definition) is 19. The molecule has 80 heavy (non-hydrogen) atoms. The third kappa shape index (κ3) is 14.1. The molecule has 31 atom stereocenters. The average molecular weight is 1170 g/mol. The molecule has 0 aliphatic carbocycles. The summed E-state index contributed by atoms with van der Waals surface area (Å²) >= 11 is 0. The number of amides is 2. The van der Waals surface area contributed by atoms with Gasteiger partial charge in [-0.3, -0.25) is 9.59 Å². The molecule has 19 N–H and O–H groups in total. The second-order valence-electron chi connectivity index (χ2n) is 20.2. The number of carbonyl (C=O) groups is 3. The number of nitrogens with one attached hydrogen (secondary N) is 2. The molecule has 13 unspecified atom stereocenters. The highest BCUT2D eigenvalue weighted by atomic mass is 16.8. The van der Waals surface area contributed by atoms with E-state index in [1.807, 2.05) is 0 Å². The minimum absolute atomic E-state index is 0.789. The fraction of sp³-hybridized carbons (Fsp3) is 0.933. The van der Waals surface area contributed by atoms with Gasteiger partial charge in [0.2, 0.25) is 17.6 Å². The summed E-state index contributed by atoms with van der Waals surface area (Å²) in [6.07, 6.45) is -54.3. The third-order valence-electron chi connectivity index (χ3n) is 14.7. The molecule has 6 aliphatic heterocycles. The second kappa shape index (κ2) is 28.4. The highest BCUT2D eigenvalue weighted by molar-refractivity contribution is 5.75. The van der Waals surface area contributed by atoms with Crippen molar-refractivity contribution in [1.29, 1.82) is 0 Å². The SMILES string of the molecule is CO[C@@H]1C(CO)O[C@H](O[C@H]2C(CO[C@@H]3OC(CO)[C@@H](O[C@@H]4OC(CO)[C@H](O)[C@H](O[C@]5(C(=O)[O-])C[C@@H](O)[C@@H](NC(C)=O)C(C(O)C(O)CO)O5)C4O)[C@H](O)C3NC(C)=O)O[C@@H](O[C@@H]3C(CO)O[C@@H](C)[C@@H](O)C3O)C(O)[C@H]2O)[C@@H](O)C1O. The van der Waals surface area contributed by atoms with Crippen LogP contribution in [0.5, 0.6) is 0 Å². The topological polar surface area (TPSA) is 553 Å². The molecular formula is C45H75N2O33-. The third-order valence-corrected chi connectivity index (χ3v) is 14.7. The Morgan fingerprint density at radius 1 is 0.562 bits per heavy atom. The smallest absolute Gasteiger partial charge is 0.217 e. The number of carboxylic acid groups (broad SMARTS) is 1. The molecule has 6 heterocycles. The zero-order valence-corrected chi connectivity index (χ0v) is 43.4. The van der Waals surface area contributed by atoms with Gasteiger partial charge in [0.05, 0.1) is 57.9 Å². The van der Waals surface area contributed by atoms with Crippen molar-refractivity contribution in [2.24, 2.45) is 0 Å². The summed E-state index contributed by atoms with van der Waals surface area (Å²) in [6.45, 7) is -2.53. The van der Waals surface area contributed by atoms with Crippen LogP contribution in [0.3, 0.4) is 0 Å². The van der Waals surface area contributed by atoms with E-state index in [0.717, 1.165) is 21.0 Å². The van der Waals surface area contributed by atoms with E-state index in [1.54, 1.807) is 0 Å². The lowest BCUT2D eigenvalue weighted by Gasteiger charge is -2.52. The van der Waals surface area contributed by atoms with E-state index in [0.29, 0.717) is 0 Å². The first-order valence-electron chi connectivity index (χ1n) is 25.4. The van der Waals surface area contributed by atoms with Crippen molar-refractivity contribution in [2.75, 3.05) is 46.8 Å². The van der Waals surface area contributed by atoms with Gasteiger partial charge in [0.25, 0.3) is 0 Å². The first-order valence-corrected chi connectivity index (χ1v) is 25.4. The fourth-order valence-electron chi connectivity index (χ4n) is 10.4. The number of carbonyl (C=O) groups excluding carboxylic acids is 3. The number of rotatable bonds is 22. The summed E-state index contributed by atoms with van der Waals surface area (Å²) in [4.78, 5) is 37.7. The van der Waals surface area contributed by atoms with Gasteiger partial charge in [-0.1, -0.05) is 0 Å².